The maximum absolute atomic E-state index is 13.5. The van der Waals surface area contributed by atoms with Crippen LogP contribution >= 0.6 is 11.8 Å². The Morgan fingerprint density at radius 3 is 2.70 bits per heavy atom. The molecule has 1 saturated heterocycles. The number of nitrogens with zero attached hydrogens (tertiary/aromatic N) is 4. The van der Waals surface area contributed by atoms with E-state index in [0.29, 0.717) is 5.82 Å². The Kier molecular flexibility index (Phi) is 5.17. The van der Waals surface area contributed by atoms with Gasteiger partial charge in [0.1, 0.15) is 0 Å². The van der Waals surface area contributed by atoms with E-state index in [1.807, 2.05) is 48.4 Å². The second-order valence-corrected chi connectivity index (χ2v) is 8.88. The van der Waals surface area contributed by atoms with Crippen LogP contribution < -0.4 is 0 Å². The van der Waals surface area contributed by atoms with Crippen LogP contribution in [-0.2, 0) is 11.8 Å². The van der Waals surface area contributed by atoms with Gasteiger partial charge in [0, 0.05) is 41.9 Å². The zero-order valence-corrected chi connectivity index (χ0v) is 17.8. The van der Waals surface area contributed by atoms with E-state index >= 15 is 0 Å². The summed E-state index contributed by atoms with van der Waals surface area (Å²) in [5.41, 5.74) is 2.22. The number of aliphatic imine (C=N–C) groups is 1. The molecule has 1 aromatic carbocycles. The minimum absolute atomic E-state index is 0.0644. The largest absolute Gasteiger partial charge is 0.350 e. The van der Waals surface area contributed by atoms with Crippen LogP contribution in [0.5, 0.6) is 0 Å². The summed E-state index contributed by atoms with van der Waals surface area (Å²) in [7, 11) is 2.04. The summed E-state index contributed by atoms with van der Waals surface area (Å²) in [5.74, 6) is 0.703. The first-order valence-electron chi connectivity index (χ1n) is 10.5. The van der Waals surface area contributed by atoms with Crippen LogP contribution in [0.2, 0.25) is 0 Å². The van der Waals surface area contributed by atoms with Gasteiger partial charge in [-0.05, 0) is 48.9 Å². The third kappa shape index (κ3) is 3.56. The fourth-order valence-corrected chi connectivity index (χ4v) is 5.41. The van der Waals surface area contributed by atoms with E-state index in [4.69, 9.17) is 4.99 Å². The predicted octanol–water partition coefficient (Wildman–Crippen LogP) is 5.51. The molecule has 152 valence electrons. The van der Waals surface area contributed by atoms with Crippen molar-refractivity contribution >= 4 is 45.6 Å². The SMILES string of the molecule is Cn1cc(/C=C2\S/C(=N/c3ccccn3)N(C3CCCCC3)C2=O)c2ccccc21. The van der Waals surface area contributed by atoms with E-state index in [-0.39, 0.29) is 11.9 Å². The molecule has 1 saturated carbocycles. The van der Waals surface area contributed by atoms with Gasteiger partial charge in [-0.3, -0.25) is 9.69 Å². The van der Waals surface area contributed by atoms with Gasteiger partial charge in [-0.1, -0.05) is 43.5 Å². The van der Waals surface area contributed by atoms with Crippen molar-refractivity contribution in [3.05, 3.63) is 65.3 Å². The summed E-state index contributed by atoms with van der Waals surface area (Å²) in [6.07, 6.45) is 11.5. The Morgan fingerprint density at radius 2 is 1.90 bits per heavy atom. The number of aromatic nitrogens is 2. The summed E-state index contributed by atoms with van der Waals surface area (Å²) in [5, 5.41) is 1.90. The standard InChI is InChI=1S/C24H24N4OS/c1-27-16-17(19-11-5-6-12-20(19)27)15-21-23(29)28(18-9-3-2-4-10-18)24(30-21)26-22-13-7-8-14-25-22/h5-8,11-16,18H,2-4,9-10H2,1H3/b21-15-,26-24+. The van der Waals surface area contributed by atoms with Crippen molar-refractivity contribution in [3.8, 4) is 0 Å². The van der Waals surface area contributed by atoms with E-state index in [2.05, 4.69) is 27.9 Å². The molecule has 2 aromatic heterocycles. The number of carbonyl (C=O) groups excluding carboxylic acids is 1. The molecule has 5 rings (SSSR count). The van der Waals surface area contributed by atoms with Crippen molar-refractivity contribution in [2.24, 2.45) is 12.0 Å². The van der Waals surface area contributed by atoms with Gasteiger partial charge in [-0.25, -0.2) is 9.98 Å². The maximum atomic E-state index is 13.5. The lowest BCUT2D eigenvalue weighted by Crippen LogP contribution is -2.40. The van der Waals surface area contributed by atoms with Gasteiger partial charge in [0.25, 0.3) is 5.91 Å². The summed E-state index contributed by atoms with van der Waals surface area (Å²) >= 11 is 1.47. The van der Waals surface area contributed by atoms with Gasteiger partial charge in [0.15, 0.2) is 11.0 Å². The third-order valence-corrected chi connectivity index (χ3v) is 6.83. The van der Waals surface area contributed by atoms with Gasteiger partial charge >= 0.3 is 0 Å². The molecule has 5 nitrogen and oxygen atoms in total. The van der Waals surface area contributed by atoms with Gasteiger partial charge in [-0.15, -0.1) is 0 Å². The number of para-hydroxylation sites is 1. The molecule has 1 aliphatic carbocycles. The third-order valence-electron chi connectivity index (χ3n) is 5.85. The Hall–Kier alpha value is -2.86. The average Bonchev–Trinajstić information content (AvgIpc) is 3.26. The van der Waals surface area contributed by atoms with Crippen molar-refractivity contribution in [1.82, 2.24) is 14.5 Å². The van der Waals surface area contributed by atoms with Crippen LogP contribution in [0, 0.1) is 0 Å². The number of aryl methyl sites for hydroxylation is 1. The minimum Gasteiger partial charge on any atom is -0.350 e. The van der Waals surface area contributed by atoms with Crippen LogP contribution in [0.15, 0.2) is 64.8 Å². The average molecular weight is 417 g/mol. The Morgan fingerprint density at radius 1 is 1.10 bits per heavy atom. The number of amidine groups is 1. The summed E-state index contributed by atoms with van der Waals surface area (Å²) in [6, 6.07) is 14.2. The van der Waals surface area contributed by atoms with Gasteiger partial charge in [0.2, 0.25) is 0 Å². The van der Waals surface area contributed by atoms with E-state index in [1.165, 1.54) is 31.0 Å². The molecular weight excluding hydrogens is 392 g/mol. The molecule has 2 aliphatic rings. The smallest absolute Gasteiger partial charge is 0.267 e. The topological polar surface area (TPSA) is 50.5 Å². The second kappa shape index (κ2) is 8.11. The highest BCUT2D eigenvalue weighted by molar-refractivity contribution is 8.18. The number of hydrogen-bond acceptors (Lipinski definition) is 4. The van der Waals surface area contributed by atoms with E-state index < -0.39 is 0 Å². The van der Waals surface area contributed by atoms with Crippen LogP contribution in [0.3, 0.4) is 0 Å². The zero-order chi connectivity index (χ0) is 20.5. The molecule has 0 radical (unpaired) electrons. The highest BCUT2D eigenvalue weighted by Crippen LogP contribution is 2.39. The van der Waals surface area contributed by atoms with E-state index in [0.717, 1.165) is 39.4 Å². The lowest BCUT2D eigenvalue weighted by molar-refractivity contribution is -0.124. The lowest BCUT2D eigenvalue weighted by Gasteiger charge is -2.30. The first-order chi connectivity index (χ1) is 14.7. The quantitative estimate of drug-likeness (QED) is 0.529. The number of amides is 1. The monoisotopic (exact) mass is 416 g/mol. The van der Waals surface area contributed by atoms with Crippen molar-refractivity contribution in [1.29, 1.82) is 0 Å². The summed E-state index contributed by atoms with van der Waals surface area (Å²) in [6.45, 7) is 0. The first-order valence-corrected chi connectivity index (χ1v) is 11.3. The number of carbonyl (C=O) groups is 1. The number of fused-ring (bicyclic) bond motifs is 1. The molecule has 0 atom stereocenters. The molecule has 1 amide bonds. The molecule has 0 bridgehead atoms. The first kappa shape index (κ1) is 19.1. The molecule has 0 unspecified atom stereocenters. The predicted molar refractivity (Wildman–Crippen MR) is 124 cm³/mol. The Balaban J connectivity index is 1.55. The lowest BCUT2D eigenvalue weighted by atomic mass is 9.94. The van der Waals surface area contributed by atoms with Gasteiger partial charge < -0.3 is 4.57 Å². The molecule has 0 N–H and O–H groups in total. The number of hydrogen-bond donors (Lipinski definition) is 0. The van der Waals surface area contributed by atoms with E-state index in [9.17, 15) is 4.79 Å². The highest BCUT2D eigenvalue weighted by atomic mass is 32.2. The molecule has 3 aromatic rings. The molecule has 1 aliphatic heterocycles. The van der Waals surface area contributed by atoms with Crippen LogP contribution in [0.1, 0.15) is 37.7 Å². The fourth-order valence-electron chi connectivity index (χ4n) is 4.37. The fraction of sp³-hybridized carbons (Fsp3) is 0.292. The van der Waals surface area contributed by atoms with Crippen LogP contribution in [0.4, 0.5) is 5.82 Å². The Labute approximate surface area is 180 Å². The number of pyridine rings is 1. The molecule has 6 heteroatoms. The molecular formula is C24H24N4OS. The van der Waals surface area contributed by atoms with Crippen LogP contribution in [0.25, 0.3) is 17.0 Å². The molecule has 0 spiro atoms. The second-order valence-electron chi connectivity index (χ2n) is 7.87. The number of rotatable bonds is 3. The molecule has 3 heterocycles. The molecule has 30 heavy (non-hydrogen) atoms. The number of benzene rings is 1. The Bertz CT molecular complexity index is 1140. The summed E-state index contributed by atoms with van der Waals surface area (Å²) in [4.78, 5) is 25.2. The maximum Gasteiger partial charge on any atom is 0.267 e. The summed E-state index contributed by atoms with van der Waals surface area (Å²) < 4.78 is 2.10. The zero-order valence-electron chi connectivity index (χ0n) is 17.0. The van der Waals surface area contributed by atoms with Crippen molar-refractivity contribution in [2.45, 2.75) is 38.1 Å². The van der Waals surface area contributed by atoms with Gasteiger partial charge in [-0.2, -0.15) is 0 Å². The van der Waals surface area contributed by atoms with Gasteiger partial charge in [0.05, 0.1) is 4.91 Å². The normalized spacial score (nSPS) is 20.7. The van der Waals surface area contributed by atoms with Crippen molar-refractivity contribution < 1.29 is 4.79 Å². The van der Waals surface area contributed by atoms with Crippen molar-refractivity contribution in [3.63, 3.8) is 0 Å². The molecule has 2 fully saturated rings. The van der Waals surface area contributed by atoms with Crippen molar-refractivity contribution in [2.75, 3.05) is 0 Å². The highest BCUT2D eigenvalue weighted by Gasteiger charge is 2.38. The minimum atomic E-state index is 0.0644. The number of thioether (sulfide) groups is 1. The van der Waals surface area contributed by atoms with Crippen LogP contribution in [-0.4, -0.2) is 31.6 Å². The van der Waals surface area contributed by atoms with E-state index in [1.54, 1.807) is 6.20 Å².